The normalized spacial score (nSPS) is 10.7. The molecule has 0 radical (unpaired) electrons. The summed E-state index contributed by atoms with van der Waals surface area (Å²) in [6.07, 6.45) is 4.55. The summed E-state index contributed by atoms with van der Waals surface area (Å²) >= 11 is 1.48. The highest BCUT2D eigenvalue weighted by Crippen LogP contribution is 2.28. The molecule has 1 N–H and O–H groups in total. The minimum atomic E-state index is -0.347. The molecule has 0 atom stereocenters. The van der Waals surface area contributed by atoms with Crippen molar-refractivity contribution in [2.75, 3.05) is 5.32 Å². The Balaban J connectivity index is 1.66. The Morgan fingerprint density at radius 1 is 1.21 bits per heavy atom. The van der Waals surface area contributed by atoms with E-state index in [0.29, 0.717) is 17.1 Å². The fourth-order valence-corrected chi connectivity index (χ4v) is 3.00. The highest BCUT2D eigenvalue weighted by atomic mass is 32.1. The van der Waals surface area contributed by atoms with E-state index in [9.17, 15) is 4.79 Å². The topological polar surface area (TPSA) is 85.8 Å². The number of carbonyl (C=O) groups excluding carboxylic acids is 1. The van der Waals surface area contributed by atoms with Gasteiger partial charge in [0.1, 0.15) is 0 Å². The van der Waals surface area contributed by atoms with Gasteiger partial charge in [0.25, 0.3) is 5.91 Å². The third-order valence-electron chi connectivity index (χ3n) is 3.35. The first kappa shape index (κ1) is 14.3. The van der Waals surface area contributed by atoms with Gasteiger partial charge in [0.05, 0.1) is 28.6 Å². The molecule has 3 heterocycles. The molecule has 0 saturated heterocycles. The largest absolute Gasteiger partial charge is 0.442 e. The van der Waals surface area contributed by atoms with Crippen molar-refractivity contribution in [1.82, 2.24) is 20.0 Å². The molecule has 0 aliphatic carbocycles. The zero-order valence-corrected chi connectivity index (χ0v) is 13.1. The van der Waals surface area contributed by atoms with Crippen molar-refractivity contribution in [2.45, 2.75) is 0 Å². The van der Waals surface area contributed by atoms with E-state index < -0.39 is 0 Å². The number of nitrogens with zero attached hydrogens (tertiary/aromatic N) is 4. The van der Waals surface area contributed by atoms with Crippen molar-refractivity contribution in [3.8, 4) is 16.3 Å². The Morgan fingerprint density at radius 2 is 2.12 bits per heavy atom. The zero-order chi connectivity index (χ0) is 16.4. The fraction of sp³-hybridized carbons (Fsp3) is 0. The van der Waals surface area contributed by atoms with Crippen molar-refractivity contribution >= 4 is 22.9 Å². The molecule has 0 bridgehead atoms. The number of oxazole rings is 1. The lowest BCUT2D eigenvalue weighted by atomic mass is 10.2. The van der Waals surface area contributed by atoms with Crippen LogP contribution in [-0.2, 0) is 0 Å². The Hall–Kier alpha value is -3.26. The maximum Gasteiger partial charge on any atom is 0.278 e. The first-order valence-corrected chi connectivity index (χ1v) is 7.95. The SMILES string of the molecule is O=C(Nc1ccccc1-n1ccnn1)c1ncoc1-c1cccs1. The number of hydrogen-bond donors (Lipinski definition) is 1. The third-order valence-corrected chi connectivity index (χ3v) is 4.22. The van der Waals surface area contributed by atoms with Crippen LogP contribution in [0.4, 0.5) is 5.69 Å². The van der Waals surface area contributed by atoms with Crippen LogP contribution >= 0.6 is 11.3 Å². The average molecular weight is 337 g/mol. The highest BCUT2D eigenvalue weighted by molar-refractivity contribution is 7.13. The molecule has 0 unspecified atom stereocenters. The van der Waals surface area contributed by atoms with Crippen molar-refractivity contribution in [3.05, 3.63) is 66.3 Å². The molecule has 0 saturated carbocycles. The Morgan fingerprint density at radius 3 is 2.92 bits per heavy atom. The van der Waals surface area contributed by atoms with Crippen LogP contribution in [-0.4, -0.2) is 25.9 Å². The second-order valence-corrected chi connectivity index (χ2v) is 5.77. The number of thiophene rings is 1. The maximum atomic E-state index is 12.6. The van der Waals surface area contributed by atoms with Gasteiger partial charge in [0, 0.05) is 0 Å². The highest BCUT2D eigenvalue weighted by Gasteiger charge is 2.20. The molecule has 8 heteroatoms. The van der Waals surface area contributed by atoms with E-state index in [4.69, 9.17) is 4.42 Å². The smallest absolute Gasteiger partial charge is 0.278 e. The molecule has 24 heavy (non-hydrogen) atoms. The van der Waals surface area contributed by atoms with E-state index in [1.165, 1.54) is 17.7 Å². The van der Waals surface area contributed by atoms with Crippen LogP contribution < -0.4 is 5.32 Å². The van der Waals surface area contributed by atoms with Gasteiger partial charge in [0.2, 0.25) is 0 Å². The number of hydrogen-bond acceptors (Lipinski definition) is 6. The van der Waals surface area contributed by atoms with Gasteiger partial charge in [-0.1, -0.05) is 23.4 Å². The summed E-state index contributed by atoms with van der Waals surface area (Å²) in [7, 11) is 0. The van der Waals surface area contributed by atoms with E-state index in [-0.39, 0.29) is 11.6 Å². The van der Waals surface area contributed by atoms with E-state index in [0.717, 1.165) is 4.88 Å². The first-order chi connectivity index (χ1) is 11.8. The molecule has 4 aromatic rings. The minimum Gasteiger partial charge on any atom is -0.442 e. The van der Waals surface area contributed by atoms with Crippen LogP contribution in [0.5, 0.6) is 0 Å². The predicted octanol–water partition coefficient (Wildman–Crippen LogP) is 3.24. The lowest BCUT2D eigenvalue weighted by Crippen LogP contribution is -2.15. The maximum absolute atomic E-state index is 12.6. The third kappa shape index (κ3) is 2.59. The van der Waals surface area contributed by atoms with Gasteiger partial charge in [-0.3, -0.25) is 4.79 Å². The summed E-state index contributed by atoms with van der Waals surface area (Å²) in [5.41, 5.74) is 1.56. The molecule has 7 nitrogen and oxygen atoms in total. The van der Waals surface area contributed by atoms with Crippen LogP contribution in [0, 0.1) is 0 Å². The van der Waals surface area contributed by atoms with Gasteiger partial charge in [-0.2, -0.15) is 0 Å². The number of para-hydroxylation sites is 2. The second-order valence-electron chi connectivity index (χ2n) is 4.83. The molecule has 3 aromatic heterocycles. The molecule has 0 spiro atoms. The number of nitrogens with one attached hydrogen (secondary N) is 1. The number of anilines is 1. The zero-order valence-electron chi connectivity index (χ0n) is 12.3. The Bertz CT molecular complexity index is 960. The second kappa shape index (κ2) is 6.09. The van der Waals surface area contributed by atoms with Crippen LogP contribution in [0.25, 0.3) is 16.3 Å². The molecular formula is C16H11N5O2S. The van der Waals surface area contributed by atoms with Crippen molar-refractivity contribution in [3.63, 3.8) is 0 Å². The van der Waals surface area contributed by atoms with Crippen LogP contribution in [0.1, 0.15) is 10.5 Å². The molecule has 0 aliphatic rings. The average Bonchev–Trinajstić information content (AvgIpc) is 3.35. The number of aromatic nitrogens is 4. The molecule has 1 aromatic carbocycles. The van der Waals surface area contributed by atoms with E-state index in [1.807, 2.05) is 35.7 Å². The van der Waals surface area contributed by atoms with Crippen molar-refractivity contribution < 1.29 is 9.21 Å². The summed E-state index contributed by atoms with van der Waals surface area (Å²) in [5, 5.41) is 12.5. The molecule has 1 amide bonds. The first-order valence-electron chi connectivity index (χ1n) is 7.07. The van der Waals surface area contributed by atoms with Gasteiger partial charge < -0.3 is 9.73 Å². The van der Waals surface area contributed by atoms with Gasteiger partial charge in [0.15, 0.2) is 17.8 Å². The lowest BCUT2D eigenvalue weighted by Gasteiger charge is -2.09. The van der Waals surface area contributed by atoms with Crippen molar-refractivity contribution in [2.24, 2.45) is 0 Å². The standard InChI is InChI=1S/C16H11N5O2S/c22-16(14-15(23-10-17-14)13-6-3-9-24-13)19-11-4-1-2-5-12(11)21-8-7-18-20-21/h1-10H,(H,19,22). The summed E-state index contributed by atoms with van der Waals surface area (Å²) < 4.78 is 6.96. The Kier molecular flexibility index (Phi) is 3.64. The van der Waals surface area contributed by atoms with Crippen molar-refractivity contribution in [1.29, 1.82) is 0 Å². The lowest BCUT2D eigenvalue weighted by molar-refractivity contribution is 0.102. The molecule has 118 valence electrons. The van der Waals surface area contributed by atoms with Crippen LogP contribution in [0.2, 0.25) is 0 Å². The minimum absolute atomic E-state index is 0.242. The number of benzene rings is 1. The van der Waals surface area contributed by atoms with Crippen LogP contribution in [0.15, 0.2) is 65.0 Å². The molecular weight excluding hydrogens is 326 g/mol. The summed E-state index contributed by atoms with van der Waals surface area (Å²) in [5.74, 6) is 0.112. The molecule has 0 fully saturated rings. The fourth-order valence-electron chi connectivity index (χ4n) is 2.29. The number of carbonyl (C=O) groups is 1. The van der Waals surface area contributed by atoms with E-state index in [1.54, 1.807) is 23.1 Å². The summed E-state index contributed by atoms with van der Waals surface area (Å²) in [6, 6.07) is 11.1. The molecule has 4 rings (SSSR count). The van der Waals surface area contributed by atoms with Gasteiger partial charge >= 0.3 is 0 Å². The predicted molar refractivity (Wildman–Crippen MR) is 89.1 cm³/mol. The number of amides is 1. The Labute approximate surface area is 140 Å². The summed E-state index contributed by atoms with van der Waals surface area (Å²) in [4.78, 5) is 17.5. The summed E-state index contributed by atoms with van der Waals surface area (Å²) in [6.45, 7) is 0. The van der Waals surface area contributed by atoms with E-state index >= 15 is 0 Å². The quantitative estimate of drug-likeness (QED) is 0.618. The number of rotatable bonds is 4. The van der Waals surface area contributed by atoms with Crippen LogP contribution in [0.3, 0.4) is 0 Å². The van der Waals surface area contributed by atoms with E-state index in [2.05, 4.69) is 20.6 Å². The van der Waals surface area contributed by atoms with Gasteiger partial charge in [-0.05, 0) is 23.6 Å². The molecule has 0 aliphatic heterocycles. The van der Waals surface area contributed by atoms with Gasteiger partial charge in [-0.15, -0.1) is 16.4 Å². The van der Waals surface area contributed by atoms with Gasteiger partial charge in [-0.25, -0.2) is 9.67 Å². The monoisotopic (exact) mass is 337 g/mol.